The second-order valence-electron chi connectivity index (χ2n) is 2.45. The number of nitrogens with one attached hydrogen (secondary N) is 1. The Bertz CT molecular complexity index is 273. The second kappa shape index (κ2) is 5.14. The number of carbonyl (C=O) groups is 1. The average molecular weight is 396 g/mol. The predicted octanol–water partition coefficient (Wildman–Crippen LogP) is 0.448. The van der Waals surface area contributed by atoms with Gasteiger partial charge in [-0.05, 0) is 12.1 Å². The van der Waals surface area contributed by atoms with E-state index in [9.17, 15) is 4.79 Å². The third kappa shape index (κ3) is 2.34. The van der Waals surface area contributed by atoms with Gasteiger partial charge >= 0.3 is 0 Å². The van der Waals surface area contributed by atoms with Crippen LogP contribution in [-0.2, 0) is 4.79 Å². The van der Waals surface area contributed by atoms with Gasteiger partial charge in [-0.25, -0.2) is 0 Å². The standard InChI is InChI=1S/C7H7NO3.CH4.Ac/c9-6-5(8-7(6)10)4-2-1-3-11-4;;/h1-3,5-6,9H,(H,8,10);1H4;/t5-,6+;;/m0../s1. The van der Waals surface area contributed by atoms with E-state index in [0.717, 1.165) is 0 Å². The van der Waals surface area contributed by atoms with Gasteiger partial charge in [0.1, 0.15) is 11.8 Å². The van der Waals surface area contributed by atoms with Crippen LogP contribution in [0.5, 0.6) is 0 Å². The summed E-state index contributed by atoms with van der Waals surface area (Å²) in [6.45, 7) is 0. The molecule has 0 spiro atoms. The van der Waals surface area contributed by atoms with E-state index in [0.29, 0.717) is 5.76 Å². The summed E-state index contributed by atoms with van der Waals surface area (Å²) >= 11 is 0. The number of β-lactam (4-membered cyclic amide) rings is 1. The number of furan rings is 1. The molecule has 1 aliphatic heterocycles. The molecular formula is C8H11AcNO3. The summed E-state index contributed by atoms with van der Waals surface area (Å²) in [6, 6.07) is 3.08. The fourth-order valence-corrected chi connectivity index (χ4v) is 1.07. The minimum Gasteiger partial charge on any atom is -0.467 e. The number of aliphatic hydroxyl groups excluding tert-OH is 1. The van der Waals surface area contributed by atoms with E-state index in [1.54, 1.807) is 12.1 Å². The van der Waals surface area contributed by atoms with Gasteiger partial charge in [0.15, 0.2) is 6.10 Å². The molecule has 4 nitrogen and oxygen atoms in total. The molecule has 1 aromatic rings. The van der Waals surface area contributed by atoms with Crippen LogP contribution in [0, 0.1) is 44.1 Å². The summed E-state index contributed by atoms with van der Waals surface area (Å²) < 4.78 is 4.98. The van der Waals surface area contributed by atoms with Crippen molar-refractivity contribution in [1.29, 1.82) is 0 Å². The van der Waals surface area contributed by atoms with E-state index in [1.807, 2.05) is 0 Å². The van der Waals surface area contributed by atoms with Crippen molar-refractivity contribution in [3.63, 3.8) is 0 Å². The van der Waals surface area contributed by atoms with Crippen molar-refractivity contribution in [2.45, 2.75) is 19.6 Å². The van der Waals surface area contributed by atoms with Gasteiger partial charge < -0.3 is 14.8 Å². The summed E-state index contributed by atoms with van der Waals surface area (Å²) in [6.07, 6.45) is 0.563. The molecule has 1 aromatic heterocycles. The van der Waals surface area contributed by atoms with Crippen LogP contribution in [0.4, 0.5) is 0 Å². The molecule has 0 aromatic carbocycles. The first-order valence-electron chi connectivity index (χ1n) is 3.31. The molecule has 5 heteroatoms. The summed E-state index contributed by atoms with van der Waals surface area (Å²) in [5, 5.41) is 11.6. The number of rotatable bonds is 1. The molecule has 2 rings (SSSR count). The van der Waals surface area contributed by atoms with Gasteiger partial charge in [-0.1, -0.05) is 7.43 Å². The molecule has 13 heavy (non-hydrogen) atoms. The third-order valence-corrected chi connectivity index (χ3v) is 1.73. The van der Waals surface area contributed by atoms with Gasteiger partial charge in [-0.3, -0.25) is 4.79 Å². The molecule has 1 radical (unpaired) electrons. The van der Waals surface area contributed by atoms with Crippen molar-refractivity contribution in [3.8, 4) is 0 Å². The van der Waals surface area contributed by atoms with Gasteiger partial charge in [-0.15, -0.1) is 0 Å². The minimum absolute atomic E-state index is 0. The van der Waals surface area contributed by atoms with Crippen LogP contribution in [0.2, 0.25) is 0 Å². The van der Waals surface area contributed by atoms with E-state index in [4.69, 9.17) is 9.52 Å². The summed E-state index contributed by atoms with van der Waals surface area (Å²) in [7, 11) is 0. The first-order valence-corrected chi connectivity index (χ1v) is 3.31. The van der Waals surface area contributed by atoms with Crippen molar-refractivity contribution in [2.24, 2.45) is 0 Å². The van der Waals surface area contributed by atoms with Crippen LogP contribution >= 0.6 is 0 Å². The molecule has 1 aliphatic rings. The molecule has 2 N–H and O–H groups in total. The van der Waals surface area contributed by atoms with Gasteiger partial charge in [-0.2, -0.15) is 0 Å². The first kappa shape index (κ1) is 13.2. The number of aliphatic hydroxyl groups is 1. The number of carbonyl (C=O) groups excluding carboxylic acids is 1. The average Bonchev–Trinajstić information content (AvgIpc) is 2.51. The van der Waals surface area contributed by atoms with Crippen LogP contribution in [0.1, 0.15) is 19.2 Å². The van der Waals surface area contributed by atoms with Crippen molar-refractivity contribution < 1.29 is 58.4 Å². The topological polar surface area (TPSA) is 62.5 Å². The van der Waals surface area contributed by atoms with Gasteiger partial charge in [0.05, 0.1) is 6.26 Å². The Morgan fingerprint density at radius 1 is 1.54 bits per heavy atom. The second-order valence-corrected chi connectivity index (χ2v) is 2.45. The van der Waals surface area contributed by atoms with Crippen LogP contribution in [0.3, 0.4) is 0 Å². The maximum absolute atomic E-state index is 10.5. The fourth-order valence-electron chi connectivity index (χ4n) is 1.07. The van der Waals surface area contributed by atoms with E-state index < -0.39 is 6.10 Å². The summed E-state index contributed by atoms with van der Waals surface area (Å²) in [5.74, 6) is 0.253. The molecule has 2 atom stereocenters. The van der Waals surface area contributed by atoms with E-state index >= 15 is 0 Å². The quantitative estimate of drug-likeness (QED) is 0.678. The van der Waals surface area contributed by atoms with Crippen molar-refractivity contribution in [1.82, 2.24) is 5.32 Å². The SMILES string of the molecule is C.O=C1N[C@@H](c2ccco2)[C@H]1O.[Ac]. The van der Waals surface area contributed by atoms with E-state index in [2.05, 4.69) is 5.32 Å². The van der Waals surface area contributed by atoms with E-state index in [-0.39, 0.29) is 63.4 Å². The Kier molecular flexibility index (Phi) is 5.20. The largest absolute Gasteiger partial charge is 0.467 e. The van der Waals surface area contributed by atoms with Crippen LogP contribution in [-0.4, -0.2) is 17.1 Å². The molecule has 0 bridgehead atoms. The zero-order valence-corrected chi connectivity index (χ0v) is 11.0. The van der Waals surface area contributed by atoms with E-state index in [1.165, 1.54) is 6.26 Å². The fraction of sp³-hybridized carbons (Fsp3) is 0.375. The maximum atomic E-state index is 10.5. The monoisotopic (exact) mass is 396 g/mol. The zero-order chi connectivity index (χ0) is 7.84. The maximum Gasteiger partial charge on any atom is 0.252 e. The Labute approximate surface area is 112 Å². The molecule has 2 heterocycles. The smallest absolute Gasteiger partial charge is 0.252 e. The number of amides is 1. The first-order chi connectivity index (χ1) is 5.29. The predicted molar refractivity (Wildman–Crippen MR) is 42.3 cm³/mol. The van der Waals surface area contributed by atoms with Crippen LogP contribution < -0.4 is 5.32 Å². The molecule has 69 valence electrons. The third-order valence-electron chi connectivity index (χ3n) is 1.73. The summed E-state index contributed by atoms with van der Waals surface area (Å²) in [5.41, 5.74) is 0. The van der Waals surface area contributed by atoms with Gasteiger partial charge in [0.2, 0.25) is 0 Å². The Hall–Kier alpha value is 0.152. The minimum atomic E-state index is -0.943. The molecule has 1 amide bonds. The Morgan fingerprint density at radius 2 is 2.23 bits per heavy atom. The zero-order valence-electron chi connectivity index (χ0n) is 6.23. The molecule has 0 aliphatic carbocycles. The summed E-state index contributed by atoms with van der Waals surface area (Å²) in [4.78, 5) is 10.5. The van der Waals surface area contributed by atoms with Gasteiger partial charge in [0.25, 0.3) is 5.91 Å². The Balaban J connectivity index is 0.000000720. The van der Waals surface area contributed by atoms with Crippen LogP contribution in [0.25, 0.3) is 0 Å². The molecule has 1 saturated heterocycles. The molecular weight excluding hydrogens is 385 g/mol. The van der Waals surface area contributed by atoms with Crippen molar-refractivity contribution >= 4 is 5.91 Å². The number of hydrogen-bond acceptors (Lipinski definition) is 3. The molecule has 0 saturated carbocycles. The van der Waals surface area contributed by atoms with Gasteiger partial charge in [0, 0.05) is 44.1 Å². The number of hydrogen-bond donors (Lipinski definition) is 2. The van der Waals surface area contributed by atoms with Crippen molar-refractivity contribution in [3.05, 3.63) is 24.2 Å². The normalized spacial score (nSPS) is 24.8. The van der Waals surface area contributed by atoms with Crippen molar-refractivity contribution in [2.75, 3.05) is 0 Å². The molecule has 1 fully saturated rings. The van der Waals surface area contributed by atoms with Crippen LogP contribution in [0.15, 0.2) is 22.8 Å². The Morgan fingerprint density at radius 3 is 2.62 bits per heavy atom. The molecule has 0 unspecified atom stereocenters.